The molecule has 178 valence electrons. The van der Waals surface area contributed by atoms with E-state index >= 15 is 0 Å². The highest BCUT2D eigenvalue weighted by Gasteiger charge is 2.58. The summed E-state index contributed by atoms with van der Waals surface area (Å²) in [6, 6.07) is 42.8. The molecule has 2 atom stereocenters. The van der Waals surface area contributed by atoms with Gasteiger partial charge in [0, 0.05) is 10.8 Å². The molecule has 1 saturated heterocycles. The van der Waals surface area contributed by atoms with Gasteiger partial charge in [-0.1, -0.05) is 121 Å². The van der Waals surface area contributed by atoms with Crippen molar-refractivity contribution >= 4 is 0 Å². The smallest absolute Gasteiger partial charge is 0.163 e. The summed E-state index contributed by atoms with van der Waals surface area (Å²) in [5, 5.41) is 0. The van der Waals surface area contributed by atoms with E-state index in [2.05, 4.69) is 135 Å². The molecule has 1 fully saturated rings. The molecule has 4 aromatic rings. The summed E-state index contributed by atoms with van der Waals surface area (Å²) in [7, 11) is 0. The van der Waals surface area contributed by atoms with Crippen LogP contribution >= 0.6 is 0 Å². The molecule has 0 spiro atoms. The van der Waals surface area contributed by atoms with Crippen molar-refractivity contribution in [3.05, 3.63) is 144 Å². The van der Waals surface area contributed by atoms with E-state index < -0.39 is 16.6 Å². The van der Waals surface area contributed by atoms with Crippen LogP contribution in [0.4, 0.5) is 0 Å². The van der Waals surface area contributed by atoms with E-state index in [-0.39, 0.29) is 12.2 Å². The van der Waals surface area contributed by atoms with Crippen LogP contribution in [-0.2, 0) is 20.3 Å². The van der Waals surface area contributed by atoms with Gasteiger partial charge < -0.3 is 9.47 Å². The number of hydrogen-bond donors (Lipinski definition) is 0. The Bertz CT molecular complexity index is 1060. The van der Waals surface area contributed by atoms with Crippen LogP contribution < -0.4 is 0 Å². The molecule has 0 radical (unpaired) electrons. The van der Waals surface area contributed by atoms with Crippen LogP contribution in [0.3, 0.4) is 0 Å². The molecule has 0 bridgehead atoms. The Morgan fingerprint density at radius 2 is 0.686 bits per heavy atom. The fourth-order valence-electron chi connectivity index (χ4n) is 5.73. The molecule has 2 heteroatoms. The quantitative estimate of drug-likeness (QED) is 0.295. The van der Waals surface area contributed by atoms with Crippen LogP contribution in [0.25, 0.3) is 0 Å². The largest absolute Gasteiger partial charge is 0.343 e. The second kappa shape index (κ2) is 9.11. The first kappa shape index (κ1) is 23.5. The van der Waals surface area contributed by atoms with Gasteiger partial charge in [0.25, 0.3) is 0 Å². The van der Waals surface area contributed by atoms with E-state index in [0.29, 0.717) is 0 Å². The Labute approximate surface area is 209 Å². The van der Waals surface area contributed by atoms with Crippen LogP contribution in [0.15, 0.2) is 121 Å². The Kier molecular flexibility index (Phi) is 6.13. The van der Waals surface area contributed by atoms with Crippen molar-refractivity contribution in [2.24, 2.45) is 0 Å². The van der Waals surface area contributed by atoms with Gasteiger partial charge in [0.05, 0.1) is 0 Å². The highest BCUT2D eigenvalue weighted by molar-refractivity contribution is 5.46. The van der Waals surface area contributed by atoms with E-state index in [0.717, 1.165) is 0 Å². The first-order valence-corrected chi connectivity index (χ1v) is 12.4. The van der Waals surface area contributed by atoms with Gasteiger partial charge in [-0.15, -0.1) is 0 Å². The lowest BCUT2D eigenvalue weighted by Crippen LogP contribution is -2.52. The zero-order valence-corrected chi connectivity index (χ0v) is 21.0. The van der Waals surface area contributed by atoms with Gasteiger partial charge in [0.1, 0.15) is 12.2 Å². The zero-order chi connectivity index (χ0) is 24.5. The fraction of sp³-hybridized carbons (Fsp3) is 0.273. The van der Waals surface area contributed by atoms with Crippen molar-refractivity contribution < 1.29 is 9.47 Å². The fourth-order valence-corrected chi connectivity index (χ4v) is 5.73. The third-order valence-corrected chi connectivity index (χ3v) is 7.73. The third-order valence-electron chi connectivity index (χ3n) is 7.73. The van der Waals surface area contributed by atoms with Crippen molar-refractivity contribution in [1.82, 2.24) is 0 Å². The summed E-state index contributed by atoms with van der Waals surface area (Å²) in [6.07, 6.45) is -0.486. The molecule has 2 nitrogen and oxygen atoms in total. The maximum atomic E-state index is 6.90. The molecule has 4 aromatic carbocycles. The van der Waals surface area contributed by atoms with Crippen molar-refractivity contribution in [1.29, 1.82) is 0 Å². The summed E-state index contributed by atoms with van der Waals surface area (Å²) in [5.41, 5.74) is 3.98. The average molecular weight is 463 g/mol. The van der Waals surface area contributed by atoms with Crippen LogP contribution in [0.1, 0.15) is 49.9 Å². The van der Waals surface area contributed by atoms with Gasteiger partial charge >= 0.3 is 0 Å². The van der Waals surface area contributed by atoms with E-state index in [1.165, 1.54) is 22.3 Å². The van der Waals surface area contributed by atoms with Crippen LogP contribution in [0, 0.1) is 0 Å². The average Bonchev–Trinajstić information content (AvgIpc) is 3.26. The minimum atomic E-state index is -0.731. The maximum Gasteiger partial charge on any atom is 0.163 e. The standard InChI is InChI=1S/C33H34O2/c1-31(2)34-29(32(3,25-17-9-5-10-18-25)26-19-11-6-12-20-26)30(35-31)33(4,27-21-13-7-14-22-27)28-23-15-8-16-24-28/h5-24,29-30H,1-4H3/t29-,30?/m1/s1. The molecular weight excluding hydrogens is 428 g/mol. The monoisotopic (exact) mass is 462 g/mol. The number of hydrogen-bond acceptors (Lipinski definition) is 2. The molecule has 0 saturated carbocycles. The molecule has 1 aliphatic heterocycles. The second-order valence-corrected chi connectivity index (χ2v) is 10.3. The summed E-state index contributed by atoms with van der Waals surface area (Å²) in [5.74, 6) is -0.731. The Hall–Kier alpha value is -3.20. The van der Waals surface area contributed by atoms with Gasteiger partial charge in [0.2, 0.25) is 0 Å². The molecule has 1 unspecified atom stereocenters. The molecule has 1 heterocycles. The molecule has 0 amide bonds. The molecule has 0 N–H and O–H groups in total. The lowest BCUT2D eigenvalue weighted by molar-refractivity contribution is -0.153. The third kappa shape index (κ3) is 4.11. The van der Waals surface area contributed by atoms with Crippen molar-refractivity contribution in [3.63, 3.8) is 0 Å². The van der Waals surface area contributed by atoms with Crippen molar-refractivity contribution in [2.45, 2.75) is 56.5 Å². The molecule has 0 aromatic heterocycles. The van der Waals surface area contributed by atoms with E-state index in [1.54, 1.807) is 0 Å². The molecule has 35 heavy (non-hydrogen) atoms. The van der Waals surface area contributed by atoms with Gasteiger partial charge in [-0.2, -0.15) is 0 Å². The minimum Gasteiger partial charge on any atom is -0.343 e. The number of ether oxygens (including phenoxy) is 2. The molecule has 1 aliphatic rings. The Morgan fingerprint density at radius 1 is 0.457 bits per heavy atom. The van der Waals surface area contributed by atoms with Gasteiger partial charge in [-0.25, -0.2) is 0 Å². The van der Waals surface area contributed by atoms with Crippen LogP contribution in [-0.4, -0.2) is 18.0 Å². The summed E-state index contributed by atoms with van der Waals surface area (Å²) in [4.78, 5) is 0. The highest BCUT2D eigenvalue weighted by atomic mass is 16.8. The summed E-state index contributed by atoms with van der Waals surface area (Å²) >= 11 is 0. The van der Waals surface area contributed by atoms with E-state index in [4.69, 9.17) is 9.47 Å². The minimum absolute atomic E-state index is 0.243. The van der Waals surface area contributed by atoms with Gasteiger partial charge in [0.15, 0.2) is 5.79 Å². The number of benzene rings is 4. The predicted octanol–water partition coefficient (Wildman–Crippen LogP) is 7.52. The van der Waals surface area contributed by atoms with Gasteiger partial charge in [-0.05, 0) is 49.9 Å². The molecular formula is C33H34O2. The lowest BCUT2D eigenvalue weighted by Gasteiger charge is -2.44. The van der Waals surface area contributed by atoms with E-state index in [1.807, 2.05) is 13.8 Å². The summed E-state index contributed by atoms with van der Waals surface area (Å²) in [6.45, 7) is 8.67. The first-order valence-electron chi connectivity index (χ1n) is 12.4. The van der Waals surface area contributed by atoms with E-state index in [9.17, 15) is 0 Å². The molecule has 0 aliphatic carbocycles. The molecule has 5 rings (SSSR count). The number of rotatable bonds is 6. The maximum absolute atomic E-state index is 6.90. The SMILES string of the molecule is CC1(C)OC(C(C)(c2ccccc2)c2ccccc2)[C@H](C(C)(c2ccccc2)c2ccccc2)O1. The summed E-state index contributed by atoms with van der Waals surface area (Å²) < 4.78 is 13.8. The van der Waals surface area contributed by atoms with Crippen molar-refractivity contribution in [3.8, 4) is 0 Å². The lowest BCUT2D eigenvalue weighted by atomic mass is 9.62. The normalized spacial score (nSPS) is 20.0. The topological polar surface area (TPSA) is 18.5 Å². The highest BCUT2D eigenvalue weighted by Crippen LogP contribution is 2.51. The Morgan fingerprint density at radius 3 is 0.914 bits per heavy atom. The van der Waals surface area contributed by atoms with Gasteiger partial charge in [-0.3, -0.25) is 0 Å². The van der Waals surface area contributed by atoms with Crippen LogP contribution in [0.2, 0.25) is 0 Å². The Balaban J connectivity index is 1.76. The van der Waals surface area contributed by atoms with Crippen LogP contribution in [0.5, 0.6) is 0 Å². The van der Waals surface area contributed by atoms with Crippen molar-refractivity contribution in [2.75, 3.05) is 0 Å². The first-order chi connectivity index (χ1) is 16.9. The second-order valence-electron chi connectivity index (χ2n) is 10.3. The predicted molar refractivity (Wildman–Crippen MR) is 143 cm³/mol. The zero-order valence-electron chi connectivity index (χ0n) is 21.0.